The fourth-order valence-electron chi connectivity index (χ4n) is 2.83. The van der Waals surface area contributed by atoms with Gasteiger partial charge in [0.1, 0.15) is 11.5 Å². The molecule has 0 radical (unpaired) electrons. The Morgan fingerprint density at radius 1 is 0.833 bits per heavy atom. The molecule has 0 aliphatic rings. The number of hydrogen-bond acceptors (Lipinski definition) is 5. The number of Topliss-reactive ketones (excluding diaryl/α,β-unsaturated/α-hetero) is 1. The van der Waals surface area contributed by atoms with Gasteiger partial charge in [0.25, 0.3) is 0 Å². The first-order chi connectivity index (χ1) is 14.5. The van der Waals surface area contributed by atoms with Gasteiger partial charge >= 0.3 is 5.97 Å². The minimum Gasteiger partial charge on any atom is -0.494 e. The smallest absolute Gasteiger partial charge is 0.311 e. The van der Waals surface area contributed by atoms with Crippen LogP contribution < -0.4 is 9.47 Å². The lowest BCUT2D eigenvalue weighted by Crippen LogP contribution is -2.10. The molecule has 0 unspecified atom stereocenters. The van der Waals surface area contributed by atoms with E-state index in [1.165, 1.54) is 6.92 Å². The Kier molecular flexibility index (Phi) is 6.96. The molecule has 0 amide bonds. The van der Waals surface area contributed by atoms with E-state index in [4.69, 9.17) is 14.7 Å². The number of esters is 1. The number of benzene rings is 3. The van der Waals surface area contributed by atoms with E-state index in [1.807, 2.05) is 24.3 Å². The van der Waals surface area contributed by atoms with Crippen LogP contribution in [0.15, 0.2) is 72.8 Å². The van der Waals surface area contributed by atoms with E-state index in [1.54, 1.807) is 48.5 Å². The Hall–Kier alpha value is -3.91. The van der Waals surface area contributed by atoms with Crippen LogP contribution in [0, 0.1) is 11.3 Å². The van der Waals surface area contributed by atoms with Gasteiger partial charge in [-0.3, -0.25) is 9.59 Å². The SMILES string of the molecule is CC(=O)c1ccc(OCCCC(=O)Oc2ccc(-c3ccc(C#N)cc3)cc2)cc1. The van der Waals surface area contributed by atoms with Crippen molar-refractivity contribution >= 4 is 11.8 Å². The first kappa shape index (κ1) is 20.8. The molecule has 3 rings (SSSR count). The molecule has 5 nitrogen and oxygen atoms in total. The van der Waals surface area contributed by atoms with Gasteiger partial charge in [0.05, 0.1) is 18.2 Å². The average Bonchev–Trinajstić information content (AvgIpc) is 2.77. The van der Waals surface area contributed by atoms with Gasteiger partial charge in [-0.2, -0.15) is 5.26 Å². The highest BCUT2D eigenvalue weighted by atomic mass is 16.5. The van der Waals surface area contributed by atoms with E-state index >= 15 is 0 Å². The molecule has 0 N–H and O–H groups in total. The highest BCUT2D eigenvalue weighted by molar-refractivity contribution is 5.94. The molecule has 3 aromatic carbocycles. The summed E-state index contributed by atoms with van der Waals surface area (Å²) < 4.78 is 10.9. The Morgan fingerprint density at radius 2 is 1.40 bits per heavy atom. The van der Waals surface area contributed by atoms with Gasteiger partial charge in [-0.15, -0.1) is 0 Å². The summed E-state index contributed by atoms with van der Waals surface area (Å²) in [5.74, 6) is 0.829. The molecule has 0 saturated carbocycles. The Balaban J connectivity index is 1.43. The third-order valence-electron chi connectivity index (χ3n) is 4.49. The summed E-state index contributed by atoms with van der Waals surface area (Å²) in [6.07, 6.45) is 0.763. The molecule has 3 aromatic rings. The summed E-state index contributed by atoms with van der Waals surface area (Å²) in [6.45, 7) is 1.90. The molecule has 0 aromatic heterocycles. The number of rotatable bonds is 8. The zero-order valence-electron chi connectivity index (χ0n) is 16.6. The average molecular weight is 399 g/mol. The van der Waals surface area contributed by atoms with E-state index in [-0.39, 0.29) is 18.2 Å². The summed E-state index contributed by atoms with van der Waals surface area (Å²) in [6, 6.07) is 23.5. The van der Waals surface area contributed by atoms with Gasteiger partial charge in [-0.05, 0) is 73.0 Å². The fourth-order valence-corrected chi connectivity index (χ4v) is 2.83. The van der Waals surface area contributed by atoms with Crippen molar-refractivity contribution in [3.63, 3.8) is 0 Å². The number of nitrogens with zero attached hydrogens (tertiary/aromatic N) is 1. The van der Waals surface area contributed by atoms with E-state index in [0.29, 0.717) is 35.7 Å². The quantitative estimate of drug-likeness (QED) is 0.225. The maximum Gasteiger partial charge on any atom is 0.311 e. The summed E-state index contributed by atoms with van der Waals surface area (Å²) in [4.78, 5) is 23.3. The van der Waals surface area contributed by atoms with Crippen molar-refractivity contribution in [3.05, 3.63) is 83.9 Å². The molecular formula is C25H21NO4. The summed E-state index contributed by atoms with van der Waals surface area (Å²) in [5.41, 5.74) is 3.21. The third-order valence-corrected chi connectivity index (χ3v) is 4.49. The molecule has 0 aliphatic carbocycles. The summed E-state index contributed by atoms with van der Waals surface area (Å²) in [7, 11) is 0. The Labute approximate surface area is 175 Å². The molecule has 150 valence electrons. The predicted octanol–water partition coefficient (Wildman–Crippen LogP) is 5.19. The minimum absolute atomic E-state index is 0.00855. The first-order valence-electron chi connectivity index (χ1n) is 9.60. The van der Waals surface area contributed by atoms with Crippen LogP contribution in [-0.2, 0) is 4.79 Å². The summed E-state index contributed by atoms with van der Waals surface area (Å²) >= 11 is 0. The lowest BCUT2D eigenvalue weighted by Gasteiger charge is -2.08. The van der Waals surface area contributed by atoms with Gasteiger partial charge in [0, 0.05) is 12.0 Å². The third kappa shape index (κ3) is 5.79. The van der Waals surface area contributed by atoms with Crippen LogP contribution in [0.4, 0.5) is 0 Å². The molecule has 0 bridgehead atoms. The molecule has 30 heavy (non-hydrogen) atoms. The van der Waals surface area contributed by atoms with Crippen molar-refractivity contribution in [2.45, 2.75) is 19.8 Å². The zero-order valence-corrected chi connectivity index (χ0v) is 16.6. The topological polar surface area (TPSA) is 76.4 Å². The Morgan fingerprint density at radius 3 is 1.97 bits per heavy atom. The molecule has 0 fully saturated rings. The van der Waals surface area contributed by atoms with Crippen LogP contribution in [0.2, 0.25) is 0 Å². The highest BCUT2D eigenvalue weighted by Crippen LogP contribution is 2.23. The fraction of sp³-hybridized carbons (Fsp3) is 0.160. The van der Waals surface area contributed by atoms with Crippen LogP contribution in [0.5, 0.6) is 11.5 Å². The largest absolute Gasteiger partial charge is 0.494 e. The number of carbonyl (C=O) groups excluding carboxylic acids is 2. The molecule has 0 heterocycles. The number of nitriles is 1. The van der Waals surface area contributed by atoms with Crippen LogP contribution in [0.1, 0.15) is 35.7 Å². The normalized spacial score (nSPS) is 10.1. The lowest BCUT2D eigenvalue weighted by atomic mass is 10.0. The zero-order chi connectivity index (χ0) is 21.3. The molecule has 0 saturated heterocycles. The predicted molar refractivity (Wildman–Crippen MR) is 113 cm³/mol. The summed E-state index contributed by atoms with van der Waals surface area (Å²) in [5, 5.41) is 8.87. The van der Waals surface area contributed by atoms with Crippen molar-refractivity contribution in [3.8, 4) is 28.7 Å². The second-order valence-corrected chi connectivity index (χ2v) is 6.72. The van der Waals surface area contributed by atoms with Gasteiger partial charge in [-0.25, -0.2) is 0 Å². The van der Waals surface area contributed by atoms with E-state index in [0.717, 1.165) is 11.1 Å². The van der Waals surface area contributed by atoms with Crippen molar-refractivity contribution < 1.29 is 19.1 Å². The molecule has 0 aliphatic heterocycles. The standard InChI is InChI=1S/C25H21NO4/c1-18(27)20-8-12-23(13-9-20)29-16-2-3-25(28)30-24-14-10-22(11-15-24)21-6-4-19(17-26)5-7-21/h4-15H,2-3,16H2,1H3. The second-order valence-electron chi connectivity index (χ2n) is 6.72. The van der Waals surface area contributed by atoms with Crippen LogP contribution in [0.25, 0.3) is 11.1 Å². The van der Waals surface area contributed by atoms with Crippen LogP contribution >= 0.6 is 0 Å². The van der Waals surface area contributed by atoms with Crippen molar-refractivity contribution in [1.29, 1.82) is 5.26 Å². The molecule has 5 heteroatoms. The highest BCUT2D eigenvalue weighted by Gasteiger charge is 2.06. The number of ether oxygens (including phenoxy) is 2. The maximum atomic E-state index is 12.0. The molecule has 0 spiro atoms. The van der Waals surface area contributed by atoms with Crippen molar-refractivity contribution in [1.82, 2.24) is 0 Å². The maximum absolute atomic E-state index is 12.0. The first-order valence-corrected chi connectivity index (χ1v) is 9.60. The van der Waals surface area contributed by atoms with E-state index in [9.17, 15) is 9.59 Å². The van der Waals surface area contributed by atoms with Gasteiger partial charge < -0.3 is 9.47 Å². The van der Waals surface area contributed by atoms with Crippen LogP contribution in [0.3, 0.4) is 0 Å². The number of hydrogen-bond donors (Lipinski definition) is 0. The Bertz CT molecular complexity index is 1050. The van der Waals surface area contributed by atoms with Crippen molar-refractivity contribution in [2.75, 3.05) is 6.61 Å². The molecule has 0 atom stereocenters. The minimum atomic E-state index is -0.323. The number of carbonyl (C=O) groups is 2. The van der Waals surface area contributed by atoms with Gasteiger partial charge in [0.15, 0.2) is 5.78 Å². The second kappa shape index (κ2) is 10.0. The van der Waals surface area contributed by atoms with E-state index < -0.39 is 0 Å². The van der Waals surface area contributed by atoms with Crippen molar-refractivity contribution in [2.24, 2.45) is 0 Å². The van der Waals surface area contributed by atoms with Crippen LogP contribution in [-0.4, -0.2) is 18.4 Å². The lowest BCUT2D eigenvalue weighted by molar-refractivity contribution is -0.134. The van der Waals surface area contributed by atoms with E-state index in [2.05, 4.69) is 6.07 Å². The number of ketones is 1. The van der Waals surface area contributed by atoms with Gasteiger partial charge in [-0.1, -0.05) is 24.3 Å². The molecular weight excluding hydrogens is 378 g/mol. The monoisotopic (exact) mass is 399 g/mol. The van der Waals surface area contributed by atoms with Gasteiger partial charge in [0.2, 0.25) is 0 Å².